The highest BCUT2D eigenvalue weighted by molar-refractivity contribution is 9.10. The Balaban J connectivity index is 1.67. The van der Waals surface area contributed by atoms with Crippen LogP contribution >= 0.6 is 28.1 Å². The third-order valence-corrected chi connectivity index (χ3v) is 6.16. The predicted octanol–water partition coefficient (Wildman–Crippen LogP) is 5.81. The fraction of sp³-hybridized carbons (Fsp3) is 0.0833. The van der Waals surface area contributed by atoms with Crippen LogP contribution in [0.15, 0.2) is 102 Å². The molecule has 0 amide bonds. The van der Waals surface area contributed by atoms with Crippen LogP contribution in [0.5, 0.6) is 0 Å². The standard InChI is InChI=1S/C24H19BrN4S/c25-17-11-13-19(14-12-17)29-23(22(27-24(29)30)20-9-4-5-15-26-20)21-10-6-16-28(21)18-7-2-1-3-8-18/h1-16,22-23H,(H,27,30)/t22-,23+/m1/s1. The molecule has 0 saturated carbocycles. The van der Waals surface area contributed by atoms with E-state index in [2.05, 4.69) is 90.4 Å². The number of nitrogens with one attached hydrogen (secondary N) is 1. The molecule has 1 saturated heterocycles. The smallest absolute Gasteiger partial charge is 0.174 e. The number of para-hydroxylation sites is 1. The average molecular weight is 475 g/mol. The third kappa shape index (κ3) is 3.42. The van der Waals surface area contributed by atoms with E-state index in [0.717, 1.165) is 27.2 Å². The molecule has 2 aromatic carbocycles. The molecule has 1 aliphatic rings. The average Bonchev–Trinajstić information content (AvgIpc) is 3.40. The lowest BCUT2D eigenvalue weighted by Gasteiger charge is -2.29. The first-order chi connectivity index (χ1) is 14.7. The first-order valence-electron chi connectivity index (χ1n) is 9.71. The van der Waals surface area contributed by atoms with E-state index in [4.69, 9.17) is 12.2 Å². The number of rotatable bonds is 4. The maximum atomic E-state index is 5.81. The lowest BCUT2D eigenvalue weighted by Crippen LogP contribution is -2.30. The Labute approximate surface area is 189 Å². The fourth-order valence-corrected chi connectivity index (χ4v) is 4.60. The number of benzene rings is 2. The molecule has 0 unspecified atom stereocenters. The first-order valence-corrected chi connectivity index (χ1v) is 10.9. The van der Waals surface area contributed by atoms with E-state index in [9.17, 15) is 0 Å². The van der Waals surface area contributed by atoms with Gasteiger partial charge in [-0.25, -0.2) is 0 Å². The van der Waals surface area contributed by atoms with Gasteiger partial charge >= 0.3 is 0 Å². The van der Waals surface area contributed by atoms with E-state index in [1.54, 1.807) is 0 Å². The summed E-state index contributed by atoms with van der Waals surface area (Å²) in [7, 11) is 0. The highest BCUT2D eigenvalue weighted by Gasteiger charge is 2.42. The van der Waals surface area contributed by atoms with Crippen molar-refractivity contribution in [2.45, 2.75) is 12.1 Å². The monoisotopic (exact) mass is 474 g/mol. The highest BCUT2D eigenvalue weighted by Crippen LogP contribution is 2.42. The van der Waals surface area contributed by atoms with Gasteiger partial charge in [0.1, 0.15) is 6.04 Å². The van der Waals surface area contributed by atoms with Crippen LogP contribution in [-0.2, 0) is 0 Å². The summed E-state index contributed by atoms with van der Waals surface area (Å²) >= 11 is 9.34. The van der Waals surface area contributed by atoms with Gasteiger partial charge in [0.15, 0.2) is 5.11 Å². The molecule has 1 N–H and O–H groups in total. The molecular formula is C24H19BrN4S. The van der Waals surface area contributed by atoms with Crippen LogP contribution in [0.2, 0.25) is 0 Å². The second-order valence-corrected chi connectivity index (χ2v) is 8.41. The summed E-state index contributed by atoms with van der Waals surface area (Å²) in [6.45, 7) is 0. The Hall–Kier alpha value is -2.96. The number of thiocarbonyl (C=S) groups is 1. The summed E-state index contributed by atoms with van der Waals surface area (Å²) in [5.41, 5.74) is 4.27. The maximum Gasteiger partial charge on any atom is 0.174 e. The third-order valence-electron chi connectivity index (χ3n) is 5.32. The van der Waals surface area contributed by atoms with Crippen molar-refractivity contribution in [3.63, 3.8) is 0 Å². The number of halogens is 1. The van der Waals surface area contributed by atoms with E-state index >= 15 is 0 Å². The topological polar surface area (TPSA) is 33.1 Å². The second-order valence-electron chi connectivity index (χ2n) is 7.11. The SMILES string of the molecule is S=C1N[C@H](c2ccccn2)[C@H](c2cccn2-c2ccccc2)N1c1ccc(Br)cc1. The van der Waals surface area contributed by atoms with Gasteiger partial charge in [0.05, 0.1) is 11.7 Å². The number of aromatic nitrogens is 2. The molecule has 0 aliphatic carbocycles. The Morgan fingerprint density at radius 2 is 1.60 bits per heavy atom. The van der Waals surface area contributed by atoms with Crippen LogP contribution in [0, 0.1) is 0 Å². The minimum absolute atomic E-state index is 0.0521. The molecule has 30 heavy (non-hydrogen) atoms. The zero-order chi connectivity index (χ0) is 20.5. The molecule has 1 fully saturated rings. The van der Waals surface area contributed by atoms with Crippen molar-refractivity contribution in [3.8, 4) is 5.69 Å². The Kier molecular flexibility index (Phi) is 5.11. The van der Waals surface area contributed by atoms with Gasteiger partial charge in [-0.1, -0.05) is 40.2 Å². The van der Waals surface area contributed by atoms with Gasteiger partial charge in [-0.3, -0.25) is 4.98 Å². The van der Waals surface area contributed by atoms with Gasteiger partial charge in [-0.05, 0) is 72.9 Å². The molecule has 1 aliphatic heterocycles. The minimum Gasteiger partial charge on any atom is -0.351 e. The number of pyridine rings is 1. The zero-order valence-corrected chi connectivity index (χ0v) is 18.4. The van der Waals surface area contributed by atoms with Gasteiger partial charge in [0, 0.05) is 33.9 Å². The van der Waals surface area contributed by atoms with Crippen molar-refractivity contribution in [3.05, 3.63) is 113 Å². The van der Waals surface area contributed by atoms with E-state index < -0.39 is 0 Å². The van der Waals surface area contributed by atoms with E-state index in [-0.39, 0.29) is 12.1 Å². The van der Waals surface area contributed by atoms with Gasteiger partial charge in [-0.2, -0.15) is 0 Å². The van der Waals surface area contributed by atoms with Crippen LogP contribution in [0.3, 0.4) is 0 Å². The van der Waals surface area contributed by atoms with Crippen molar-refractivity contribution in [1.29, 1.82) is 0 Å². The van der Waals surface area contributed by atoms with Crippen LogP contribution < -0.4 is 10.2 Å². The van der Waals surface area contributed by atoms with Crippen molar-refractivity contribution in [2.75, 3.05) is 4.90 Å². The van der Waals surface area contributed by atoms with Crippen molar-refractivity contribution >= 4 is 38.9 Å². The molecule has 0 radical (unpaired) electrons. The number of anilines is 1. The first kappa shape index (κ1) is 19.0. The molecule has 4 nitrogen and oxygen atoms in total. The summed E-state index contributed by atoms with van der Waals surface area (Å²) in [4.78, 5) is 6.82. The Bertz CT molecular complexity index is 1160. The van der Waals surface area contributed by atoms with Crippen LogP contribution in [-0.4, -0.2) is 14.7 Å². The molecule has 2 atom stereocenters. The second kappa shape index (κ2) is 8.05. The van der Waals surface area contributed by atoms with Gasteiger partial charge in [-0.15, -0.1) is 0 Å². The van der Waals surface area contributed by atoms with E-state index in [1.807, 2.05) is 42.6 Å². The summed E-state index contributed by atoms with van der Waals surface area (Å²) in [6.07, 6.45) is 3.93. The molecule has 5 rings (SSSR count). The molecular weight excluding hydrogens is 456 g/mol. The molecule has 0 spiro atoms. The van der Waals surface area contributed by atoms with Gasteiger partial charge in [0.2, 0.25) is 0 Å². The van der Waals surface area contributed by atoms with Crippen molar-refractivity contribution in [2.24, 2.45) is 0 Å². The number of hydrogen-bond acceptors (Lipinski definition) is 2. The molecule has 0 bridgehead atoms. The Morgan fingerprint density at radius 3 is 2.33 bits per heavy atom. The lowest BCUT2D eigenvalue weighted by molar-refractivity contribution is 0.549. The predicted molar refractivity (Wildman–Crippen MR) is 128 cm³/mol. The van der Waals surface area contributed by atoms with Gasteiger partial charge < -0.3 is 14.8 Å². The summed E-state index contributed by atoms with van der Waals surface area (Å²) < 4.78 is 3.26. The Morgan fingerprint density at radius 1 is 0.833 bits per heavy atom. The zero-order valence-electron chi connectivity index (χ0n) is 16.0. The van der Waals surface area contributed by atoms with Crippen LogP contribution in [0.1, 0.15) is 23.5 Å². The van der Waals surface area contributed by atoms with Gasteiger partial charge in [0.25, 0.3) is 0 Å². The quantitative estimate of drug-likeness (QED) is 0.378. The largest absolute Gasteiger partial charge is 0.351 e. The fourth-order valence-electron chi connectivity index (χ4n) is 3.99. The number of nitrogens with zero attached hydrogens (tertiary/aromatic N) is 3. The number of hydrogen-bond donors (Lipinski definition) is 1. The highest BCUT2D eigenvalue weighted by atomic mass is 79.9. The van der Waals surface area contributed by atoms with Crippen molar-refractivity contribution < 1.29 is 0 Å². The summed E-state index contributed by atoms with van der Waals surface area (Å²) in [5, 5.41) is 4.21. The molecule has 2 aromatic heterocycles. The van der Waals surface area contributed by atoms with Crippen LogP contribution in [0.25, 0.3) is 5.69 Å². The lowest BCUT2D eigenvalue weighted by atomic mass is 10.0. The summed E-state index contributed by atoms with van der Waals surface area (Å²) in [6, 6.07) is 28.7. The molecule has 4 aromatic rings. The molecule has 3 heterocycles. The maximum absolute atomic E-state index is 5.81. The van der Waals surface area contributed by atoms with E-state index in [1.165, 1.54) is 0 Å². The summed E-state index contributed by atoms with van der Waals surface area (Å²) in [5.74, 6) is 0. The van der Waals surface area contributed by atoms with Crippen LogP contribution in [0.4, 0.5) is 5.69 Å². The minimum atomic E-state index is -0.0697. The van der Waals surface area contributed by atoms with E-state index in [0.29, 0.717) is 5.11 Å². The molecule has 148 valence electrons. The van der Waals surface area contributed by atoms with Crippen molar-refractivity contribution in [1.82, 2.24) is 14.9 Å². The normalized spacial score (nSPS) is 18.4. The molecule has 6 heteroatoms.